The third kappa shape index (κ3) is 3.16. The Hall–Kier alpha value is -2.87. The van der Waals surface area contributed by atoms with Crippen LogP contribution in [-0.2, 0) is 20.0 Å². The number of methoxy groups -OCH3 is 1. The molecule has 2 aromatic rings. The van der Waals surface area contributed by atoms with E-state index in [1.807, 2.05) is 0 Å². The normalized spacial score (nSPS) is 13.5. The van der Waals surface area contributed by atoms with Crippen molar-refractivity contribution in [1.29, 1.82) is 0 Å². The van der Waals surface area contributed by atoms with Crippen molar-refractivity contribution in [3.05, 3.63) is 61.8 Å². The first-order valence-electron chi connectivity index (χ1n) is 8.02. The van der Waals surface area contributed by atoms with Gasteiger partial charge in [-0.15, -0.1) is 0 Å². The van der Waals surface area contributed by atoms with Gasteiger partial charge in [-0.3, -0.25) is 9.59 Å². The molecule has 0 bridgehead atoms. The molecule has 1 aromatic carbocycles. The summed E-state index contributed by atoms with van der Waals surface area (Å²) in [5.41, 5.74) is -0.0981. The van der Waals surface area contributed by atoms with Gasteiger partial charge in [0.15, 0.2) is 5.75 Å². The lowest BCUT2D eigenvalue weighted by molar-refractivity contribution is 0.0678. The number of pyridine rings is 1. The second-order valence-electron chi connectivity index (χ2n) is 6.13. The lowest BCUT2D eigenvalue weighted by atomic mass is 9.95. The molecule has 9 heteroatoms. The maximum absolute atomic E-state index is 13.3. The molecule has 1 N–H and O–H groups in total. The van der Waals surface area contributed by atoms with Crippen LogP contribution in [0.3, 0.4) is 0 Å². The molecule has 0 radical (unpaired) electrons. The summed E-state index contributed by atoms with van der Waals surface area (Å²) in [6, 6.07) is 4.14. The van der Waals surface area contributed by atoms with Crippen molar-refractivity contribution in [1.82, 2.24) is 9.47 Å². The molecule has 1 amide bonds. The van der Waals surface area contributed by atoms with Crippen molar-refractivity contribution >= 4 is 23.5 Å². The Labute approximate surface area is 158 Å². The Morgan fingerprint density at radius 3 is 2.67 bits per heavy atom. The second kappa shape index (κ2) is 7.03. The Morgan fingerprint density at radius 2 is 2.07 bits per heavy atom. The van der Waals surface area contributed by atoms with Crippen LogP contribution in [-0.4, -0.2) is 40.1 Å². The molecule has 142 valence electrons. The lowest BCUT2D eigenvalue weighted by Crippen LogP contribution is -2.41. The number of carboxylic acid groups (broad SMARTS) is 1. The van der Waals surface area contributed by atoms with Gasteiger partial charge in [0.2, 0.25) is 0 Å². The van der Waals surface area contributed by atoms with E-state index in [-0.39, 0.29) is 47.1 Å². The monoisotopic (exact) mass is 394 g/mol. The summed E-state index contributed by atoms with van der Waals surface area (Å²) in [5, 5.41) is 9.42. The summed E-state index contributed by atoms with van der Waals surface area (Å²) >= 11 is 5.78. The molecular weight excluding hydrogens is 379 g/mol. The summed E-state index contributed by atoms with van der Waals surface area (Å²) in [4.78, 5) is 38.5. The zero-order valence-corrected chi connectivity index (χ0v) is 15.3. The van der Waals surface area contributed by atoms with Crippen LogP contribution in [0.5, 0.6) is 5.75 Å². The van der Waals surface area contributed by atoms with Crippen molar-refractivity contribution in [2.45, 2.75) is 13.0 Å². The van der Waals surface area contributed by atoms with Crippen LogP contribution in [0.1, 0.15) is 32.0 Å². The van der Waals surface area contributed by atoms with Gasteiger partial charge in [0.05, 0.1) is 17.7 Å². The van der Waals surface area contributed by atoms with Gasteiger partial charge in [0.25, 0.3) is 11.5 Å². The van der Waals surface area contributed by atoms with Gasteiger partial charge in [0, 0.05) is 25.7 Å². The van der Waals surface area contributed by atoms with E-state index in [1.165, 1.54) is 37.3 Å². The van der Waals surface area contributed by atoms with Gasteiger partial charge in [0.1, 0.15) is 11.5 Å². The molecule has 0 aliphatic carbocycles. The predicted octanol–water partition coefficient (Wildman–Crippen LogP) is 2.08. The minimum absolute atomic E-state index is 0.0440. The summed E-state index contributed by atoms with van der Waals surface area (Å²) in [5.74, 6) is -2.56. The highest BCUT2D eigenvalue weighted by Crippen LogP contribution is 2.29. The average molecular weight is 395 g/mol. The molecule has 0 fully saturated rings. The molecule has 0 atom stereocenters. The number of benzene rings is 1. The number of aromatic nitrogens is 1. The third-order valence-electron chi connectivity index (χ3n) is 4.55. The Kier molecular flexibility index (Phi) is 4.93. The molecule has 0 saturated heterocycles. The Balaban J connectivity index is 2.07. The number of hydrogen-bond donors (Lipinski definition) is 1. The summed E-state index contributed by atoms with van der Waals surface area (Å²) in [7, 11) is 2.58. The minimum atomic E-state index is -1.29. The number of aromatic carboxylic acids is 1. The number of nitrogens with zero attached hydrogens (tertiary/aromatic N) is 2. The summed E-state index contributed by atoms with van der Waals surface area (Å²) in [6.45, 7) is 0.376. The molecule has 0 unspecified atom stereocenters. The van der Waals surface area contributed by atoms with Gasteiger partial charge < -0.3 is 19.3 Å². The van der Waals surface area contributed by atoms with E-state index in [9.17, 15) is 23.9 Å². The van der Waals surface area contributed by atoms with E-state index in [4.69, 9.17) is 16.3 Å². The fourth-order valence-corrected chi connectivity index (χ4v) is 3.47. The number of amides is 1. The topological polar surface area (TPSA) is 88.8 Å². The van der Waals surface area contributed by atoms with Crippen LogP contribution < -0.4 is 10.3 Å². The van der Waals surface area contributed by atoms with Crippen LogP contribution in [0, 0.1) is 5.82 Å². The average Bonchev–Trinajstić information content (AvgIpc) is 2.62. The quantitative estimate of drug-likeness (QED) is 0.857. The van der Waals surface area contributed by atoms with Crippen molar-refractivity contribution in [3.8, 4) is 5.75 Å². The first kappa shape index (κ1) is 18.9. The van der Waals surface area contributed by atoms with Crippen molar-refractivity contribution in [2.24, 2.45) is 7.05 Å². The highest BCUT2D eigenvalue weighted by atomic mass is 35.5. The van der Waals surface area contributed by atoms with E-state index in [2.05, 4.69) is 0 Å². The largest absolute Gasteiger partial charge is 0.490 e. The van der Waals surface area contributed by atoms with Crippen LogP contribution in [0.2, 0.25) is 5.02 Å². The predicted molar refractivity (Wildman–Crippen MR) is 95.0 cm³/mol. The number of carbonyl (C=O) groups excluding carboxylic acids is 1. The molecule has 1 aliphatic rings. The van der Waals surface area contributed by atoms with Gasteiger partial charge in [-0.25, -0.2) is 9.18 Å². The highest BCUT2D eigenvalue weighted by molar-refractivity contribution is 6.30. The molecular formula is C18H16ClFN2O5. The van der Waals surface area contributed by atoms with Gasteiger partial charge >= 0.3 is 5.97 Å². The summed E-state index contributed by atoms with van der Waals surface area (Å²) in [6.07, 6.45) is 0.238. The van der Waals surface area contributed by atoms with E-state index in [0.29, 0.717) is 5.56 Å². The molecule has 0 spiro atoms. The molecule has 27 heavy (non-hydrogen) atoms. The Bertz CT molecular complexity index is 1020. The van der Waals surface area contributed by atoms with Gasteiger partial charge in [-0.1, -0.05) is 17.7 Å². The van der Waals surface area contributed by atoms with E-state index in [1.54, 1.807) is 0 Å². The number of carbonyl (C=O) groups is 2. The second-order valence-corrected chi connectivity index (χ2v) is 6.54. The van der Waals surface area contributed by atoms with Gasteiger partial charge in [-0.2, -0.15) is 0 Å². The smallest absolute Gasteiger partial charge is 0.352 e. The maximum Gasteiger partial charge on any atom is 0.352 e. The van der Waals surface area contributed by atoms with Crippen molar-refractivity contribution < 1.29 is 23.8 Å². The number of hydrogen-bond acceptors (Lipinski definition) is 4. The van der Waals surface area contributed by atoms with E-state index >= 15 is 0 Å². The highest BCUT2D eigenvalue weighted by Gasteiger charge is 2.34. The number of ether oxygens (including phenoxy) is 1. The standard InChI is InChI=1S/C18H16ClFN2O5/c1-21-14(18(25)26)10-5-6-22(8-9-3-4-12(20)11(19)7-9)16(23)13(10)15(27-2)17(21)24/h3-4,7H,5-6,8H2,1-2H3,(H,25,26). The molecule has 1 aromatic heterocycles. The fourth-order valence-electron chi connectivity index (χ4n) is 3.27. The van der Waals surface area contributed by atoms with E-state index in [0.717, 1.165) is 4.57 Å². The van der Waals surface area contributed by atoms with Crippen LogP contribution >= 0.6 is 11.6 Å². The molecule has 0 saturated carbocycles. The molecule has 7 nitrogen and oxygen atoms in total. The lowest BCUT2D eigenvalue weighted by Gasteiger charge is -2.30. The van der Waals surface area contributed by atoms with Gasteiger partial charge in [-0.05, 0) is 24.1 Å². The number of halogens is 2. The van der Waals surface area contributed by atoms with E-state index < -0.39 is 23.3 Å². The molecule has 3 rings (SSSR count). The number of carboxylic acids is 1. The SMILES string of the molecule is COc1c2c(c(C(=O)O)n(C)c1=O)CCN(Cc1ccc(F)c(Cl)c1)C2=O. The molecule has 2 heterocycles. The van der Waals surface area contributed by atoms with Crippen LogP contribution in [0.15, 0.2) is 23.0 Å². The zero-order chi connectivity index (χ0) is 19.9. The van der Waals surface area contributed by atoms with Crippen molar-refractivity contribution in [2.75, 3.05) is 13.7 Å². The minimum Gasteiger partial charge on any atom is -0.490 e. The fraction of sp³-hybridized carbons (Fsp3) is 0.278. The third-order valence-corrected chi connectivity index (χ3v) is 4.84. The first-order chi connectivity index (χ1) is 12.8. The number of rotatable bonds is 4. The summed E-state index contributed by atoms with van der Waals surface area (Å²) < 4.78 is 19.4. The first-order valence-corrected chi connectivity index (χ1v) is 8.40. The number of fused-ring (bicyclic) bond motifs is 1. The van der Waals surface area contributed by atoms with Crippen LogP contribution in [0.25, 0.3) is 0 Å². The van der Waals surface area contributed by atoms with Crippen LogP contribution in [0.4, 0.5) is 4.39 Å². The molecule has 1 aliphatic heterocycles. The maximum atomic E-state index is 13.3. The Morgan fingerprint density at radius 1 is 1.37 bits per heavy atom. The van der Waals surface area contributed by atoms with Crippen molar-refractivity contribution in [3.63, 3.8) is 0 Å². The zero-order valence-electron chi connectivity index (χ0n) is 14.6.